The van der Waals surface area contributed by atoms with Crippen molar-refractivity contribution in [2.24, 2.45) is 0 Å². The Morgan fingerprint density at radius 2 is 1.85 bits per heavy atom. The molecule has 0 spiro atoms. The standard InChI is InChI=1S/C23H23NO2/c1-3-9-16-14-17-10-8-13-20(26-4-2)21(17)22-19(16)15-24(23(22)25)18-11-6-5-7-12-18/h5-8,10-14H,3-4,9,15H2,1-2H3. The summed E-state index contributed by atoms with van der Waals surface area (Å²) in [5.74, 6) is 0.869. The van der Waals surface area contributed by atoms with Gasteiger partial charge in [0, 0.05) is 11.1 Å². The second kappa shape index (κ2) is 6.83. The zero-order valence-electron chi connectivity index (χ0n) is 15.3. The normalized spacial score (nSPS) is 13.3. The predicted molar refractivity (Wildman–Crippen MR) is 106 cm³/mol. The Balaban J connectivity index is 1.95. The maximum Gasteiger partial charge on any atom is 0.259 e. The Hall–Kier alpha value is -2.81. The number of carbonyl (C=O) groups excluding carboxylic acids is 1. The minimum atomic E-state index is 0.0707. The van der Waals surface area contributed by atoms with Crippen molar-refractivity contribution in [2.45, 2.75) is 33.2 Å². The van der Waals surface area contributed by atoms with Crippen LogP contribution in [0.1, 0.15) is 41.8 Å². The number of fused-ring (bicyclic) bond motifs is 3. The third-order valence-electron chi connectivity index (χ3n) is 4.99. The monoisotopic (exact) mass is 345 g/mol. The molecular formula is C23H23NO2. The average molecular weight is 345 g/mol. The van der Waals surface area contributed by atoms with Crippen LogP contribution in [0, 0.1) is 0 Å². The summed E-state index contributed by atoms with van der Waals surface area (Å²) in [6.45, 7) is 5.37. The number of hydrogen-bond acceptors (Lipinski definition) is 2. The third-order valence-corrected chi connectivity index (χ3v) is 4.99. The first-order valence-corrected chi connectivity index (χ1v) is 9.31. The summed E-state index contributed by atoms with van der Waals surface area (Å²) in [7, 11) is 0. The summed E-state index contributed by atoms with van der Waals surface area (Å²) >= 11 is 0. The lowest BCUT2D eigenvalue weighted by Crippen LogP contribution is -2.23. The molecule has 0 bridgehead atoms. The zero-order valence-corrected chi connectivity index (χ0v) is 15.3. The number of carbonyl (C=O) groups is 1. The van der Waals surface area contributed by atoms with Crippen LogP contribution in [0.4, 0.5) is 5.69 Å². The molecule has 0 unspecified atom stereocenters. The predicted octanol–water partition coefficient (Wildman–Crippen LogP) is 5.35. The molecule has 0 radical (unpaired) electrons. The fourth-order valence-corrected chi connectivity index (χ4v) is 3.89. The van der Waals surface area contributed by atoms with Gasteiger partial charge < -0.3 is 9.64 Å². The van der Waals surface area contributed by atoms with E-state index in [1.807, 2.05) is 54.3 Å². The van der Waals surface area contributed by atoms with Gasteiger partial charge in [0.15, 0.2) is 0 Å². The second-order valence-corrected chi connectivity index (χ2v) is 6.65. The topological polar surface area (TPSA) is 29.5 Å². The van der Waals surface area contributed by atoms with Crippen molar-refractivity contribution in [3.05, 3.63) is 71.3 Å². The molecule has 3 aromatic carbocycles. The van der Waals surface area contributed by atoms with E-state index in [0.29, 0.717) is 13.2 Å². The number of rotatable bonds is 5. The highest BCUT2D eigenvalue weighted by Crippen LogP contribution is 2.40. The van der Waals surface area contributed by atoms with Gasteiger partial charge in [-0.1, -0.05) is 49.7 Å². The molecule has 1 amide bonds. The minimum Gasteiger partial charge on any atom is -0.493 e. The Morgan fingerprint density at radius 3 is 2.58 bits per heavy atom. The molecule has 3 aromatic rings. The first-order chi connectivity index (χ1) is 12.7. The fraction of sp³-hybridized carbons (Fsp3) is 0.261. The summed E-state index contributed by atoms with van der Waals surface area (Å²) in [6.07, 6.45) is 2.04. The van der Waals surface area contributed by atoms with Crippen LogP contribution in [0.25, 0.3) is 10.8 Å². The van der Waals surface area contributed by atoms with Crippen molar-refractivity contribution >= 4 is 22.4 Å². The molecule has 4 rings (SSSR count). The van der Waals surface area contributed by atoms with Gasteiger partial charge in [-0.15, -0.1) is 0 Å². The van der Waals surface area contributed by atoms with E-state index in [0.717, 1.165) is 46.2 Å². The van der Waals surface area contributed by atoms with E-state index in [4.69, 9.17) is 4.74 Å². The molecule has 0 saturated heterocycles. The van der Waals surface area contributed by atoms with Crippen molar-refractivity contribution in [3.8, 4) is 5.75 Å². The van der Waals surface area contributed by atoms with E-state index < -0.39 is 0 Å². The largest absolute Gasteiger partial charge is 0.493 e. The molecule has 3 heteroatoms. The van der Waals surface area contributed by atoms with E-state index in [1.54, 1.807) is 0 Å². The van der Waals surface area contributed by atoms with Gasteiger partial charge in [-0.2, -0.15) is 0 Å². The summed E-state index contributed by atoms with van der Waals surface area (Å²) < 4.78 is 5.86. The number of para-hydroxylation sites is 1. The summed E-state index contributed by atoms with van der Waals surface area (Å²) in [5, 5.41) is 2.04. The molecular weight excluding hydrogens is 322 g/mol. The molecule has 132 valence electrons. The third kappa shape index (κ3) is 2.64. The molecule has 0 saturated carbocycles. The van der Waals surface area contributed by atoms with Crippen molar-refractivity contribution in [3.63, 3.8) is 0 Å². The van der Waals surface area contributed by atoms with E-state index >= 15 is 0 Å². The van der Waals surface area contributed by atoms with Gasteiger partial charge in [0.2, 0.25) is 0 Å². The van der Waals surface area contributed by atoms with Crippen LogP contribution >= 0.6 is 0 Å². The van der Waals surface area contributed by atoms with E-state index in [9.17, 15) is 4.79 Å². The molecule has 1 aliphatic rings. The fourth-order valence-electron chi connectivity index (χ4n) is 3.89. The Morgan fingerprint density at radius 1 is 1.04 bits per heavy atom. The van der Waals surface area contributed by atoms with E-state index in [2.05, 4.69) is 19.1 Å². The highest BCUT2D eigenvalue weighted by molar-refractivity contribution is 6.19. The molecule has 0 atom stereocenters. The van der Waals surface area contributed by atoms with Crippen LogP contribution in [0.2, 0.25) is 0 Å². The van der Waals surface area contributed by atoms with Crippen molar-refractivity contribution < 1.29 is 9.53 Å². The molecule has 0 N–H and O–H groups in total. The van der Waals surface area contributed by atoms with Crippen molar-refractivity contribution in [1.82, 2.24) is 0 Å². The maximum atomic E-state index is 13.4. The van der Waals surface area contributed by atoms with Crippen LogP contribution in [0.15, 0.2) is 54.6 Å². The van der Waals surface area contributed by atoms with Crippen LogP contribution in [0.5, 0.6) is 5.75 Å². The molecule has 1 heterocycles. The number of benzene rings is 3. The number of aryl methyl sites for hydroxylation is 1. The van der Waals surface area contributed by atoms with Crippen LogP contribution in [0.3, 0.4) is 0 Å². The SMILES string of the molecule is CCCc1cc2cccc(OCC)c2c2c1CN(c1ccccc1)C2=O. The number of amides is 1. The van der Waals surface area contributed by atoms with Crippen LogP contribution < -0.4 is 9.64 Å². The molecule has 0 aromatic heterocycles. The molecule has 1 aliphatic heterocycles. The van der Waals surface area contributed by atoms with E-state index in [1.165, 1.54) is 5.56 Å². The number of nitrogens with zero attached hydrogens (tertiary/aromatic N) is 1. The van der Waals surface area contributed by atoms with Crippen LogP contribution in [-0.4, -0.2) is 12.5 Å². The Bertz CT molecular complexity index is 963. The highest BCUT2D eigenvalue weighted by Gasteiger charge is 2.33. The van der Waals surface area contributed by atoms with Crippen LogP contribution in [-0.2, 0) is 13.0 Å². The van der Waals surface area contributed by atoms with Gasteiger partial charge in [-0.25, -0.2) is 0 Å². The number of hydrogen-bond donors (Lipinski definition) is 0. The molecule has 0 aliphatic carbocycles. The molecule has 26 heavy (non-hydrogen) atoms. The van der Waals surface area contributed by atoms with Gasteiger partial charge in [-0.05, 0) is 48.1 Å². The van der Waals surface area contributed by atoms with Crippen molar-refractivity contribution in [2.75, 3.05) is 11.5 Å². The summed E-state index contributed by atoms with van der Waals surface area (Å²) in [6, 6.07) is 18.2. The summed E-state index contributed by atoms with van der Waals surface area (Å²) in [5.41, 5.74) is 4.19. The maximum absolute atomic E-state index is 13.4. The van der Waals surface area contributed by atoms with E-state index in [-0.39, 0.29) is 5.91 Å². The van der Waals surface area contributed by atoms with Gasteiger partial charge in [-0.3, -0.25) is 4.79 Å². The second-order valence-electron chi connectivity index (χ2n) is 6.65. The Labute approximate surface area is 154 Å². The quantitative estimate of drug-likeness (QED) is 0.624. The minimum absolute atomic E-state index is 0.0707. The lowest BCUT2D eigenvalue weighted by atomic mass is 9.93. The van der Waals surface area contributed by atoms with Gasteiger partial charge in [0.05, 0.1) is 18.7 Å². The lowest BCUT2D eigenvalue weighted by molar-refractivity contribution is 0.0998. The lowest BCUT2D eigenvalue weighted by Gasteiger charge is -2.15. The van der Waals surface area contributed by atoms with Crippen molar-refractivity contribution in [1.29, 1.82) is 0 Å². The zero-order chi connectivity index (χ0) is 18.1. The van der Waals surface area contributed by atoms with Gasteiger partial charge in [0.1, 0.15) is 5.75 Å². The highest BCUT2D eigenvalue weighted by atomic mass is 16.5. The number of ether oxygens (including phenoxy) is 1. The average Bonchev–Trinajstić information content (AvgIpc) is 3.01. The first kappa shape index (κ1) is 16.6. The first-order valence-electron chi connectivity index (χ1n) is 9.31. The summed E-state index contributed by atoms with van der Waals surface area (Å²) in [4.78, 5) is 15.3. The molecule has 0 fully saturated rings. The smallest absolute Gasteiger partial charge is 0.259 e. The van der Waals surface area contributed by atoms with Gasteiger partial charge >= 0.3 is 0 Å². The van der Waals surface area contributed by atoms with Gasteiger partial charge in [0.25, 0.3) is 5.91 Å². The Kier molecular flexibility index (Phi) is 4.37. The number of anilines is 1. The molecule has 3 nitrogen and oxygen atoms in total.